The number of nitrogens with zero attached hydrogens (tertiary/aromatic N) is 1. The van der Waals surface area contributed by atoms with Crippen molar-refractivity contribution in [1.82, 2.24) is 5.32 Å². The molecular weight excluding hydrogens is 320 g/mol. The summed E-state index contributed by atoms with van der Waals surface area (Å²) in [6, 6.07) is 18.9. The first-order chi connectivity index (χ1) is 11.8. The summed E-state index contributed by atoms with van der Waals surface area (Å²) in [6.07, 6.45) is -0.291. The Morgan fingerprint density at radius 1 is 1.08 bits per heavy atom. The molecular formula is C19H22N2O2S. The Kier molecular flexibility index (Phi) is 5.91. The molecule has 126 valence electrons. The van der Waals surface area contributed by atoms with Gasteiger partial charge in [0.2, 0.25) is 0 Å². The summed E-state index contributed by atoms with van der Waals surface area (Å²) >= 11 is 1.86. The highest BCUT2D eigenvalue weighted by Gasteiger charge is 2.21. The first kappa shape index (κ1) is 17.0. The molecule has 2 aromatic rings. The van der Waals surface area contributed by atoms with Gasteiger partial charge in [-0.15, -0.1) is 11.8 Å². The van der Waals surface area contributed by atoms with E-state index in [9.17, 15) is 0 Å². The lowest BCUT2D eigenvalue weighted by Gasteiger charge is -2.16. The van der Waals surface area contributed by atoms with Gasteiger partial charge < -0.3 is 14.8 Å². The maximum absolute atomic E-state index is 5.26. The minimum absolute atomic E-state index is 0.291. The Labute approximate surface area is 147 Å². The van der Waals surface area contributed by atoms with E-state index in [0.29, 0.717) is 11.8 Å². The lowest BCUT2D eigenvalue weighted by atomic mass is 10.1. The standard InChI is InChI=1S/C19H22N2O2S/c1-22-18(23-2)13-21-19-15-10-6-7-11-16(15)24-17(12-20-19)14-8-4-3-5-9-14/h3-11,17-18H,12-13H2,1-2H3,(H,20,21). The van der Waals surface area contributed by atoms with Crippen molar-refractivity contribution in [2.75, 3.05) is 27.3 Å². The minimum atomic E-state index is -0.291. The highest BCUT2D eigenvalue weighted by atomic mass is 32.2. The van der Waals surface area contributed by atoms with Gasteiger partial charge in [0.15, 0.2) is 6.29 Å². The number of hydrogen-bond acceptors (Lipinski definition) is 5. The molecule has 0 spiro atoms. The van der Waals surface area contributed by atoms with E-state index in [1.54, 1.807) is 14.2 Å². The molecule has 0 radical (unpaired) electrons. The van der Waals surface area contributed by atoms with Crippen LogP contribution in [0.3, 0.4) is 0 Å². The van der Waals surface area contributed by atoms with Crippen molar-refractivity contribution >= 4 is 17.6 Å². The number of aliphatic imine (C=N–C) groups is 1. The lowest BCUT2D eigenvalue weighted by molar-refractivity contribution is -0.0965. The molecule has 0 saturated heterocycles. The van der Waals surface area contributed by atoms with Gasteiger partial charge in [-0.1, -0.05) is 48.5 Å². The van der Waals surface area contributed by atoms with Crippen molar-refractivity contribution in [3.8, 4) is 0 Å². The van der Waals surface area contributed by atoms with Crippen LogP contribution in [0.2, 0.25) is 0 Å². The predicted molar refractivity (Wildman–Crippen MR) is 98.7 cm³/mol. The number of amidine groups is 1. The molecule has 0 saturated carbocycles. The van der Waals surface area contributed by atoms with Crippen LogP contribution >= 0.6 is 11.8 Å². The van der Waals surface area contributed by atoms with Crippen LogP contribution in [-0.2, 0) is 9.47 Å². The summed E-state index contributed by atoms with van der Waals surface area (Å²) in [5.74, 6) is 0.899. The molecule has 1 aliphatic heterocycles. The van der Waals surface area contributed by atoms with Gasteiger partial charge in [0.25, 0.3) is 0 Å². The molecule has 0 aliphatic carbocycles. The summed E-state index contributed by atoms with van der Waals surface area (Å²) in [5.41, 5.74) is 2.43. The summed E-state index contributed by atoms with van der Waals surface area (Å²) < 4.78 is 10.5. The Hall–Kier alpha value is -1.82. The molecule has 1 atom stereocenters. The number of methoxy groups -OCH3 is 2. The van der Waals surface area contributed by atoms with E-state index in [1.165, 1.54) is 10.5 Å². The molecule has 1 aliphatic rings. The summed E-state index contributed by atoms with van der Waals surface area (Å²) in [6.45, 7) is 1.29. The average Bonchev–Trinajstić information content (AvgIpc) is 2.83. The van der Waals surface area contributed by atoms with Gasteiger partial charge in [-0.3, -0.25) is 4.99 Å². The highest BCUT2D eigenvalue weighted by Crippen LogP contribution is 2.39. The van der Waals surface area contributed by atoms with E-state index in [0.717, 1.165) is 17.9 Å². The second kappa shape index (κ2) is 8.33. The Bertz CT molecular complexity index is 687. The SMILES string of the molecule is COC(CNC1=NCC(c2ccccc2)Sc2ccccc21)OC. The third-order valence-electron chi connectivity index (χ3n) is 3.96. The largest absolute Gasteiger partial charge is 0.365 e. The van der Waals surface area contributed by atoms with Crippen molar-refractivity contribution in [3.63, 3.8) is 0 Å². The van der Waals surface area contributed by atoms with E-state index in [1.807, 2.05) is 23.9 Å². The lowest BCUT2D eigenvalue weighted by Crippen LogP contribution is -2.35. The zero-order valence-electron chi connectivity index (χ0n) is 13.9. The van der Waals surface area contributed by atoms with Gasteiger partial charge in [-0.25, -0.2) is 0 Å². The summed E-state index contributed by atoms with van der Waals surface area (Å²) in [5, 5.41) is 3.69. The van der Waals surface area contributed by atoms with Gasteiger partial charge in [0.05, 0.1) is 18.3 Å². The maximum Gasteiger partial charge on any atom is 0.173 e. The van der Waals surface area contributed by atoms with Gasteiger partial charge in [-0.2, -0.15) is 0 Å². The van der Waals surface area contributed by atoms with E-state index in [4.69, 9.17) is 14.5 Å². The third-order valence-corrected chi connectivity index (χ3v) is 5.28. The van der Waals surface area contributed by atoms with Crippen LogP contribution in [0.1, 0.15) is 16.4 Å². The summed E-state index contributed by atoms with van der Waals surface area (Å²) in [4.78, 5) is 6.07. The molecule has 3 rings (SSSR count). The van der Waals surface area contributed by atoms with Crippen LogP contribution in [-0.4, -0.2) is 39.4 Å². The van der Waals surface area contributed by atoms with Crippen molar-refractivity contribution in [2.45, 2.75) is 16.4 Å². The molecule has 0 bridgehead atoms. The molecule has 1 N–H and O–H groups in total. The van der Waals surface area contributed by atoms with Gasteiger partial charge in [-0.05, 0) is 11.6 Å². The van der Waals surface area contributed by atoms with Crippen LogP contribution in [0, 0.1) is 0 Å². The summed E-state index contributed by atoms with van der Waals surface area (Å²) in [7, 11) is 3.28. The van der Waals surface area contributed by atoms with Crippen molar-refractivity contribution in [1.29, 1.82) is 0 Å². The molecule has 2 aromatic carbocycles. The van der Waals surface area contributed by atoms with E-state index in [2.05, 4.69) is 47.8 Å². The average molecular weight is 342 g/mol. The van der Waals surface area contributed by atoms with Crippen LogP contribution in [0.4, 0.5) is 0 Å². The number of fused-ring (bicyclic) bond motifs is 1. The molecule has 1 unspecified atom stereocenters. The van der Waals surface area contributed by atoms with Crippen LogP contribution in [0.5, 0.6) is 0 Å². The van der Waals surface area contributed by atoms with E-state index < -0.39 is 0 Å². The van der Waals surface area contributed by atoms with Crippen LogP contribution in [0.25, 0.3) is 0 Å². The first-order valence-corrected chi connectivity index (χ1v) is 8.84. The fourth-order valence-corrected chi connectivity index (χ4v) is 3.85. The Balaban J connectivity index is 1.85. The number of hydrogen-bond donors (Lipinski definition) is 1. The highest BCUT2D eigenvalue weighted by molar-refractivity contribution is 7.99. The maximum atomic E-state index is 5.26. The van der Waals surface area contributed by atoms with Crippen LogP contribution in [0.15, 0.2) is 64.5 Å². The molecule has 4 nitrogen and oxygen atoms in total. The van der Waals surface area contributed by atoms with Crippen molar-refractivity contribution < 1.29 is 9.47 Å². The topological polar surface area (TPSA) is 42.8 Å². The smallest absolute Gasteiger partial charge is 0.173 e. The molecule has 24 heavy (non-hydrogen) atoms. The normalized spacial score (nSPS) is 17.1. The van der Waals surface area contributed by atoms with E-state index in [-0.39, 0.29) is 6.29 Å². The fourth-order valence-electron chi connectivity index (χ4n) is 2.65. The zero-order valence-corrected chi connectivity index (χ0v) is 14.8. The number of rotatable bonds is 5. The molecule has 0 amide bonds. The molecule has 1 heterocycles. The fraction of sp³-hybridized carbons (Fsp3) is 0.316. The number of ether oxygens (including phenoxy) is 2. The van der Waals surface area contributed by atoms with Gasteiger partial charge in [0, 0.05) is 24.7 Å². The number of thioether (sulfide) groups is 1. The van der Waals surface area contributed by atoms with Crippen molar-refractivity contribution in [3.05, 3.63) is 65.7 Å². The molecule has 5 heteroatoms. The Morgan fingerprint density at radius 2 is 1.79 bits per heavy atom. The zero-order chi connectivity index (χ0) is 16.8. The minimum Gasteiger partial charge on any atom is -0.365 e. The third kappa shape index (κ3) is 3.98. The quantitative estimate of drug-likeness (QED) is 0.845. The first-order valence-electron chi connectivity index (χ1n) is 7.96. The van der Waals surface area contributed by atoms with Crippen LogP contribution < -0.4 is 5.32 Å². The molecule has 0 aromatic heterocycles. The Morgan fingerprint density at radius 3 is 2.54 bits per heavy atom. The van der Waals surface area contributed by atoms with Crippen molar-refractivity contribution in [2.24, 2.45) is 4.99 Å². The number of nitrogens with one attached hydrogen (secondary N) is 1. The van der Waals surface area contributed by atoms with E-state index >= 15 is 0 Å². The predicted octanol–water partition coefficient (Wildman–Crippen LogP) is 3.49. The second-order valence-electron chi connectivity index (χ2n) is 5.48. The molecule has 0 fully saturated rings. The number of benzene rings is 2. The monoisotopic (exact) mass is 342 g/mol. The van der Waals surface area contributed by atoms with Gasteiger partial charge >= 0.3 is 0 Å². The van der Waals surface area contributed by atoms with Gasteiger partial charge in [0.1, 0.15) is 5.84 Å². The second-order valence-corrected chi connectivity index (χ2v) is 6.73.